The van der Waals surface area contributed by atoms with Gasteiger partial charge >= 0.3 is 0 Å². The molecule has 26 heavy (non-hydrogen) atoms. The molecule has 4 nitrogen and oxygen atoms in total. The molecule has 0 saturated carbocycles. The van der Waals surface area contributed by atoms with E-state index >= 15 is 0 Å². The number of rotatable bonds is 9. The molecule has 0 fully saturated rings. The SMILES string of the molecule is CC(=O)N(CCCc1ccccc1)CCC(=O)N(C)Cc1ccccc1. The fraction of sp³-hybridized carbons (Fsp3) is 0.364. The van der Waals surface area contributed by atoms with Gasteiger partial charge in [0.2, 0.25) is 11.8 Å². The summed E-state index contributed by atoms with van der Waals surface area (Å²) in [6.07, 6.45) is 2.19. The van der Waals surface area contributed by atoms with Gasteiger partial charge in [0.05, 0.1) is 0 Å². The van der Waals surface area contributed by atoms with Crippen LogP contribution in [0.4, 0.5) is 0 Å². The van der Waals surface area contributed by atoms with Gasteiger partial charge in [-0.2, -0.15) is 0 Å². The van der Waals surface area contributed by atoms with Crippen LogP contribution >= 0.6 is 0 Å². The van der Waals surface area contributed by atoms with Crippen molar-refractivity contribution in [3.63, 3.8) is 0 Å². The maximum atomic E-state index is 12.4. The summed E-state index contributed by atoms with van der Waals surface area (Å²) in [5.74, 6) is 0.0831. The Balaban J connectivity index is 1.76. The van der Waals surface area contributed by atoms with Gasteiger partial charge < -0.3 is 9.80 Å². The lowest BCUT2D eigenvalue weighted by Crippen LogP contribution is -2.35. The zero-order valence-electron chi connectivity index (χ0n) is 15.7. The minimum Gasteiger partial charge on any atom is -0.342 e. The normalized spacial score (nSPS) is 10.4. The third kappa shape index (κ3) is 6.71. The van der Waals surface area contributed by atoms with Crippen molar-refractivity contribution in [2.45, 2.75) is 32.7 Å². The highest BCUT2D eigenvalue weighted by atomic mass is 16.2. The van der Waals surface area contributed by atoms with Gasteiger partial charge in [0.25, 0.3) is 0 Å². The molecular formula is C22H28N2O2. The average molecular weight is 352 g/mol. The maximum absolute atomic E-state index is 12.4. The molecule has 0 aliphatic rings. The van der Waals surface area contributed by atoms with Crippen molar-refractivity contribution in [3.05, 3.63) is 71.8 Å². The van der Waals surface area contributed by atoms with Crippen LogP contribution in [-0.2, 0) is 22.6 Å². The zero-order chi connectivity index (χ0) is 18.8. The summed E-state index contributed by atoms with van der Waals surface area (Å²) in [6.45, 7) is 3.32. The van der Waals surface area contributed by atoms with Gasteiger partial charge in [-0.05, 0) is 24.0 Å². The molecule has 0 aliphatic heterocycles. The summed E-state index contributed by atoms with van der Waals surface area (Å²) in [5.41, 5.74) is 2.38. The predicted octanol–water partition coefficient (Wildman–Crippen LogP) is 3.52. The van der Waals surface area contributed by atoms with Crippen LogP contribution in [0.1, 0.15) is 30.9 Å². The Labute approximate surface area is 156 Å². The molecule has 0 N–H and O–H groups in total. The quantitative estimate of drug-likeness (QED) is 0.693. The molecule has 0 aliphatic carbocycles. The van der Waals surface area contributed by atoms with Crippen LogP contribution in [0.5, 0.6) is 0 Å². The Morgan fingerprint density at radius 1 is 0.846 bits per heavy atom. The van der Waals surface area contributed by atoms with E-state index in [0.29, 0.717) is 26.1 Å². The number of carbonyl (C=O) groups excluding carboxylic acids is 2. The summed E-state index contributed by atoms with van der Waals surface area (Å²) in [5, 5.41) is 0. The number of nitrogens with zero attached hydrogens (tertiary/aromatic N) is 2. The highest BCUT2D eigenvalue weighted by Gasteiger charge is 2.14. The summed E-state index contributed by atoms with van der Waals surface area (Å²) >= 11 is 0. The lowest BCUT2D eigenvalue weighted by molar-refractivity contribution is -0.133. The molecule has 138 valence electrons. The molecule has 2 rings (SSSR count). The van der Waals surface area contributed by atoms with Crippen molar-refractivity contribution in [3.8, 4) is 0 Å². The number of benzene rings is 2. The minimum atomic E-state index is 0.0246. The topological polar surface area (TPSA) is 40.6 Å². The van der Waals surface area contributed by atoms with Gasteiger partial charge in [-0.25, -0.2) is 0 Å². The predicted molar refractivity (Wildman–Crippen MR) is 105 cm³/mol. The second-order valence-corrected chi connectivity index (χ2v) is 6.58. The molecule has 2 aromatic rings. The van der Waals surface area contributed by atoms with E-state index in [4.69, 9.17) is 0 Å². The van der Waals surface area contributed by atoms with Crippen molar-refractivity contribution in [2.75, 3.05) is 20.1 Å². The number of aryl methyl sites for hydroxylation is 1. The first kappa shape index (κ1) is 19.7. The Kier molecular flexibility index (Phi) is 7.87. The van der Waals surface area contributed by atoms with Crippen molar-refractivity contribution in [2.24, 2.45) is 0 Å². The van der Waals surface area contributed by atoms with Crippen LogP contribution in [0, 0.1) is 0 Å². The van der Waals surface area contributed by atoms with E-state index in [2.05, 4.69) is 12.1 Å². The molecule has 0 spiro atoms. The minimum absolute atomic E-state index is 0.0246. The summed E-state index contributed by atoms with van der Waals surface area (Å²) < 4.78 is 0. The third-order valence-electron chi connectivity index (χ3n) is 4.47. The van der Waals surface area contributed by atoms with E-state index in [1.54, 1.807) is 16.7 Å². The largest absolute Gasteiger partial charge is 0.342 e. The fourth-order valence-electron chi connectivity index (χ4n) is 2.91. The van der Waals surface area contributed by atoms with E-state index < -0.39 is 0 Å². The van der Waals surface area contributed by atoms with Crippen molar-refractivity contribution < 1.29 is 9.59 Å². The van der Waals surface area contributed by atoms with Crippen LogP contribution < -0.4 is 0 Å². The number of hydrogen-bond donors (Lipinski definition) is 0. The second kappa shape index (κ2) is 10.4. The molecule has 2 amide bonds. The molecule has 0 unspecified atom stereocenters. The molecule has 0 atom stereocenters. The molecule has 4 heteroatoms. The van der Waals surface area contributed by atoms with Crippen LogP contribution in [0.25, 0.3) is 0 Å². The lowest BCUT2D eigenvalue weighted by Gasteiger charge is -2.23. The number of amides is 2. The third-order valence-corrected chi connectivity index (χ3v) is 4.47. The van der Waals surface area contributed by atoms with Crippen LogP contribution in [-0.4, -0.2) is 41.8 Å². The highest BCUT2D eigenvalue weighted by Crippen LogP contribution is 2.07. The van der Waals surface area contributed by atoms with E-state index in [-0.39, 0.29) is 11.8 Å². The van der Waals surface area contributed by atoms with Crippen LogP contribution in [0.15, 0.2) is 60.7 Å². The van der Waals surface area contributed by atoms with E-state index in [1.165, 1.54) is 5.56 Å². The average Bonchev–Trinajstić information content (AvgIpc) is 2.65. The first-order valence-electron chi connectivity index (χ1n) is 9.13. The van der Waals surface area contributed by atoms with Crippen molar-refractivity contribution in [1.82, 2.24) is 9.80 Å². The maximum Gasteiger partial charge on any atom is 0.224 e. The Morgan fingerprint density at radius 2 is 1.42 bits per heavy atom. The van der Waals surface area contributed by atoms with E-state index in [0.717, 1.165) is 18.4 Å². The summed E-state index contributed by atoms with van der Waals surface area (Å²) in [6, 6.07) is 20.2. The molecule has 0 bridgehead atoms. The summed E-state index contributed by atoms with van der Waals surface area (Å²) in [7, 11) is 1.81. The number of hydrogen-bond acceptors (Lipinski definition) is 2. The molecule has 0 aromatic heterocycles. The monoisotopic (exact) mass is 352 g/mol. The molecule has 2 aromatic carbocycles. The Bertz CT molecular complexity index is 686. The molecule has 0 radical (unpaired) electrons. The first-order valence-corrected chi connectivity index (χ1v) is 9.13. The van der Waals surface area contributed by atoms with Gasteiger partial charge in [-0.1, -0.05) is 60.7 Å². The van der Waals surface area contributed by atoms with Gasteiger partial charge in [-0.15, -0.1) is 0 Å². The molecule has 0 saturated heterocycles. The van der Waals surface area contributed by atoms with Crippen LogP contribution in [0.2, 0.25) is 0 Å². The Hall–Kier alpha value is -2.62. The smallest absolute Gasteiger partial charge is 0.224 e. The lowest BCUT2D eigenvalue weighted by atomic mass is 10.1. The van der Waals surface area contributed by atoms with E-state index in [1.807, 2.05) is 55.6 Å². The summed E-state index contributed by atoms with van der Waals surface area (Å²) in [4.78, 5) is 27.7. The molecular weight excluding hydrogens is 324 g/mol. The second-order valence-electron chi connectivity index (χ2n) is 6.58. The van der Waals surface area contributed by atoms with E-state index in [9.17, 15) is 9.59 Å². The fourth-order valence-corrected chi connectivity index (χ4v) is 2.91. The van der Waals surface area contributed by atoms with Gasteiger partial charge in [0, 0.05) is 40.0 Å². The van der Waals surface area contributed by atoms with Gasteiger partial charge in [-0.3, -0.25) is 9.59 Å². The molecule has 0 heterocycles. The number of carbonyl (C=O) groups is 2. The Morgan fingerprint density at radius 3 is 2.00 bits per heavy atom. The van der Waals surface area contributed by atoms with Crippen molar-refractivity contribution >= 4 is 11.8 Å². The van der Waals surface area contributed by atoms with Crippen LogP contribution in [0.3, 0.4) is 0 Å². The first-order chi connectivity index (χ1) is 12.6. The standard InChI is InChI=1S/C22H28N2O2/c1-19(25)24(16-9-14-20-10-5-3-6-11-20)17-15-22(26)23(2)18-21-12-7-4-8-13-21/h3-8,10-13H,9,14-18H2,1-2H3. The van der Waals surface area contributed by atoms with Crippen molar-refractivity contribution in [1.29, 1.82) is 0 Å². The van der Waals surface area contributed by atoms with Gasteiger partial charge in [0.1, 0.15) is 0 Å². The highest BCUT2D eigenvalue weighted by molar-refractivity contribution is 5.78. The van der Waals surface area contributed by atoms with Gasteiger partial charge in [0.15, 0.2) is 0 Å². The zero-order valence-corrected chi connectivity index (χ0v) is 15.7.